The molecule has 1 heterocycles. The van der Waals surface area contributed by atoms with Gasteiger partial charge in [0.05, 0.1) is 7.11 Å². The molecule has 14 heavy (non-hydrogen) atoms. The van der Waals surface area contributed by atoms with Gasteiger partial charge in [-0.1, -0.05) is 0 Å². The molecular formula is C11H15NO2. The highest BCUT2D eigenvalue weighted by Crippen LogP contribution is 2.19. The van der Waals surface area contributed by atoms with Gasteiger partial charge in [0.15, 0.2) is 0 Å². The Morgan fingerprint density at radius 1 is 1.21 bits per heavy atom. The Balaban J connectivity index is 1.95. The average Bonchev–Trinajstić information content (AvgIpc) is 2.72. The molecule has 0 aromatic heterocycles. The van der Waals surface area contributed by atoms with Gasteiger partial charge in [0, 0.05) is 6.54 Å². The molecule has 0 saturated carbocycles. The Kier molecular flexibility index (Phi) is 2.89. The smallest absolute Gasteiger partial charge is 0.120 e. The van der Waals surface area contributed by atoms with Crippen LogP contribution >= 0.6 is 0 Å². The Morgan fingerprint density at radius 3 is 2.50 bits per heavy atom. The van der Waals surface area contributed by atoms with Crippen LogP contribution in [0.1, 0.15) is 6.42 Å². The molecule has 3 nitrogen and oxygen atoms in total. The lowest BCUT2D eigenvalue weighted by atomic mass is 10.3. The second-order valence-corrected chi connectivity index (χ2v) is 3.41. The standard InChI is InChI=1S/C11H15NO2/c1-13-9-2-4-10(5-3-9)14-11-6-7-12-8-11/h2-5,11-12H,6-8H2,1H3/t11-/m1/s1. The van der Waals surface area contributed by atoms with E-state index in [-0.39, 0.29) is 0 Å². The maximum Gasteiger partial charge on any atom is 0.120 e. The van der Waals surface area contributed by atoms with Gasteiger partial charge < -0.3 is 14.8 Å². The van der Waals surface area contributed by atoms with Crippen LogP contribution in [0.25, 0.3) is 0 Å². The molecule has 1 atom stereocenters. The first-order chi connectivity index (χ1) is 6.88. The first-order valence-electron chi connectivity index (χ1n) is 4.90. The van der Waals surface area contributed by atoms with E-state index < -0.39 is 0 Å². The van der Waals surface area contributed by atoms with Crippen LogP contribution in [0.5, 0.6) is 11.5 Å². The molecular weight excluding hydrogens is 178 g/mol. The summed E-state index contributed by atoms with van der Waals surface area (Å²) >= 11 is 0. The Bertz CT molecular complexity index is 278. The molecule has 0 bridgehead atoms. The lowest BCUT2D eigenvalue weighted by Gasteiger charge is -2.12. The summed E-state index contributed by atoms with van der Waals surface area (Å²) in [6.07, 6.45) is 1.41. The van der Waals surface area contributed by atoms with Crippen molar-refractivity contribution in [3.8, 4) is 11.5 Å². The van der Waals surface area contributed by atoms with Crippen LogP contribution in [0, 0.1) is 0 Å². The number of hydrogen-bond acceptors (Lipinski definition) is 3. The Labute approximate surface area is 84.0 Å². The summed E-state index contributed by atoms with van der Waals surface area (Å²) in [7, 11) is 1.66. The number of hydrogen-bond donors (Lipinski definition) is 1. The highest BCUT2D eigenvalue weighted by atomic mass is 16.5. The second-order valence-electron chi connectivity index (χ2n) is 3.41. The van der Waals surface area contributed by atoms with Crippen molar-refractivity contribution in [1.82, 2.24) is 5.32 Å². The van der Waals surface area contributed by atoms with Gasteiger partial charge >= 0.3 is 0 Å². The molecule has 1 N–H and O–H groups in total. The molecule has 0 amide bonds. The predicted molar refractivity (Wildman–Crippen MR) is 54.9 cm³/mol. The first-order valence-corrected chi connectivity index (χ1v) is 4.90. The number of methoxy groups -OCH3 is 1. The molecule has 1 aliphatic heterocycles. The van der Waals surface area contributed by atoms with Gasteiger partial charge in [-0.15, -0.1) is 0 Å². The van der Waals surface area contributed by atoms with E-state index in [4.69, 9.17) is 9.47 Å². The molecule has 1 aromatic carbocycles. The highest BCUT2D eigenvalue weighted by Gasteiger charge is 2.15. The van der Waals surface area contributed by atoms with E-state index in [0.29, 0.717) is 6.10 Å². The van der Waals surface area contributed by atoms with E-state index in [2.05, 4.69) is 5.32 Å². The maximum atomic E-state index is 5.76. The third kappa shape index (κ3) is 2.17. The highest BCUT2D eigenvalue weighted by molar-refractivity contribution is 5.31. The topological polar surface area (TPSA) is 30.5 Å². The number of benzene rings is 1. The minimum Gasteiger partial charge on any atom is -0.497 e. The lowest BCUT2D eigenvalue weighted by molar-refractivity contribution is 0.223. The molecule has 0 radical (unpaired) electrons. The molecule has 1 saturated heterocycles. The molecule has 1 fully saturated rings. The van der Waals surface area contributed by atoms with E-state index >= 15 is 0 Å². The Hall–Kier alpha value is -1.22. The predicted octanol–water partition coefficient (Wildman–Crippen LogP) is 1.44. The van der Waals surface area contributed by atoms with Crippen LogP contribution in [-0.2, 0) is 0 Å². The van der Waals surface area contributed by atoms with Crippen molar-refractivity contribution in [2.75, 3.05) is 20.2 Å². The largest absolute Gasteiger partial charge is 0.497 e. The van der Waals surface area contributed by atoms with E-state index in [1.54, 1.807) is 7.11 Å². The molecule has 0 spiro atoms. The third-order valence-corrected chi connectivity index (χ3v) is 2.38. The fourth-order valence-corrected chi connectivity index (χ4v) is 1.58. The van der Waals surface area contributed by atoms with E-state index in [1.807, 2.05) is 24.3 Å². The molecule has 0 unspecified atom stereocenters. The lowest BCUT2D eigenvalue weighted by Crippen LogP contribution is -2.19. The monoisotopic (exact) mass is 193 g/mol. The van der Waals surface area contributed by atoms with E-state index in [1.165, 1.54) is 0 Å². The number of nitrogens with one attached hydrogen (secondary N) is 1. The van der Waals surface area contributed by atoms with Crippen LogP contribution in [0.4, 0.5) is 0 Å². The SMILES string of the molecule is COc1ccc(O[C@@H]2CCNC2)cc1. The summed E-state index contributed by atoms with van der Waals surface area (Å²) in [6.45, 7) is 2.01. The van der Waals surface area contributed by atoms with Crippen molar-refractivity contribution in [3.63, 3.8) is 0 Å². The van der Waals surface area contributed by atoms with Crippen molar-refractivity contribution < 1.29 is 9.47 Å². The summed E-state index contributed by atoms with van der Waals surface area (Å²) in [6, 6.07) is 7.71. The fourth-order valence-electron chi connectivity index (χ4n) is 1.58. The van der Waals surface area contributed by atoms with Crippen LogP contribution in [0.2, 0.25) is 0 Å². The summed E-state index contributed by atoms with van der Waals surface area (Å²) in [4.78, 5) is 0. The van der Waals surface area contributed by atoms with E-state index in [0.717, 1.165) is 31.0 Å². The van der Waals surface area contributed by atoms with Crippen LogP contribution in [0.15, 0.2) is 24.3 Å². The van der Waals surface area contributed by atoms with Crippen LogP contribution < -0.4 is 14.8 Å². The minimum atomic E-state index is 0.323. The molecule has 2 rings (SSSR count). The van der Waals surface area contributed by atoms with Crippen LogP contribution in [-0.4, -0.2) is 26.3 Å². The zero-order chi connectivity index (χ0) is 9.80. The molecule has 76 valence electrons. The quantitative estimate of drug-likeness (QED) is 0.787. The Morgan fingerprint density at radius 2 is 1.93 bits per heavy atom. The molecule has 1 aliphatic rings. The molecule has 3 heteroatoms. The van der Waals surface area contributed by atoms with Gasteiger partial charge in [0.2, 0.25) is 0 Å². The molecule has 1 aromatic rings. The second kappa shape index (κ2) is 4.33. The summed E-state index contributed by atoms with van der Waals surface area (Å²) in [5.74, 6) is 1.78. The zero-order valence-electron chi connectivity index (χ0n) is 8.32. The summed E-state index contributed by atoms with van der Waals surface area (Å²) in [5, 5.41) is 3.27. The van der Waals surface area contributed by atoms with Gasteiger partial charge in [-0.2, -0.15) is 0 Å². The molecule has 0 aliphatic carbocycles. The maximum absolute atomic E-state index is 5.76. The van der Waals surface area contributed by atoms with Gasteiger partial charge in [0.25, 0.3) is 0 Å². The third-order valence-electron chi connectivity index (χ3n) is 2.38. The van der Waals surface area contributed by atoms with Crippen molar-refractivity contribution >= 4 is 0 Å². The first kappa shape index (κ1) is 9.34. The van der Waals surface area contributed by atoms with Crippen molar-refractivity contribution in [2.45, 2.75) is 12.5 Å². The number of ether oxygens (including phenoxy) is 2. The van der Waals surface area contributed by atoms with Gasteiger partial charge in [0.1, 0.15) is 17.6 Å². The fraction of sp³-hybridized carbons (Fsp3) is 0.455. The summed E-state index contributed by atoms with van der Waals surface area (Å²) < 4.78 is 10.8. The van der Waals surface area contributed by atoms with Gasteiger partial charge in [-0.3, -0.25) is 0 Å². The van der Waals surface area contributed by atoms with Gasteiger partial charge in [-0.05, 0) is 37.2 Å². The van der Waals surface area contributed by atoms with Crippen molar-refractivity contribution in [1.29, 1.82) is 0 Å². The zero-order valence-corrected chi connectivity index (χ0v) is 8.32. The summed E-state index contributed by atoms with van der Waals surface area (Å²) in [5.41, 5.74) is 0. The average molecular weight is 193 g/mol. The minimum absolute atomic E-state index is 0.323. The number of rotatable bonds is 3. The van der Waals surface area contributed by atoms with Crippen LogP contribution in [0.3, 0.4) is 0 Å². The van der Waals surface area contributed by atoms with Gasteiger partial charge in [-0.25, -0.2) is 0 Å². The van der Waals surface area contributed by atoms with E-state index in [9.17, 15) is 0 Å². The normalized spacial score (nSPS) is 20.8. The van der Waals surface area contributed by atoms with Crippen molar-refractivity contribution in [2.24, 2.45) is 0 Å². The van der Waals surface area contributed by atoms with Crippen molar-refractivity contribution in [3.05, 3.63) is 24.3 Å².